The monoisotopic (exact) mass is 841 g/mol. The summed E-state index contributed by atoms with van der Waals surface area (Å²) in [5.41, 5.74) is 9.88. The van der Waals surface area contributed by atoms with Gasteiger partial charge in [-0.2, -0.15) is 0 Å². The molecule has 3 fully saturated rings. The van der Waals surface area contributed by atoms with Crippen molar-refractivity contribution in [2.75, 3.05) is 5.73 Å². The van der Waals surface area contributed by atoms with Gasteiger partial charge in [0.05, 0.1) is 11.6 Å². The Morgan fingerprint density at radius 1 is 1.11 bits per heavy atom. The summed E-state index contributed by atoms with van der Waals surface area (Å²) in [6, 6.07) is 2.10. The van der Waals surface area contributed by atoms with Crippen LogP contribution in [0.25, 0.3) is 0 Å². The molecule has 0 spiro atoms. The molecule has 4 aliphatic carbocycles. The van der Waals surface area contributed by atoms with Crippen LogP contribution < -0.4 is 5.73 Å². The van der Waals surface area contributed by atoms with Gasteiger partial charge in [0.1, 0.15) is 11.9 Å². The molecule has 1 aromatic carbocycles. The number of esters is 1. The molecule has 0 saturated heterocycles. The molecule has 0 aromatic heterocycles. The van der Waals surface area contributed by atoms with Gasteiger partial charge in [0, 0.05) is 29.0 Å². The number of carbonyl (C=O) groups excluding carboxylic acids is 2. The Labute approximate surface area is 262 Å². The van der Waals surface area contributed by atoms with E-state index in [0.29, 0.717) is 30.0 Å². The van der Waals surface area contributed by atoms with Crippen LogP contribution in [0.1, 0.15) is 84.1 Å². The van der Waals surface area contributed by atoms with E-state index in [-0.39, 0.29) is 28.8 Å². The lowest BCUT2D eigenvalue weighted by Gasteiger charge is -2.56. The van der Waals surface area contributed by atoms with Crippen molar-refractivity contribution in [1.82, 2.24) is 0 Å². The largest absolute Gasteiger partial charge is 0.462 e. The Morgan fingerprint density at radius 2 is 1.81 bits per heavy atom. The second-order valence-corrected chi connectivity index (χ2v) is 15.7. The molecule has 37 heavy (non-hydrogen) atoms. The van der Waals surface area contributed by atoms with Crippen LogP contribution in [0.2, 0.25) is 0 Å². The van der Waals surface area contributed by atoms with E-state index in [9.17, 15) is 9.59 Å². The van der Waals surface area contributed by atoms with Crippen LogP contribution in [0.4, 0.5) is 5.69 Å². The normalized spacial score (nSPS) is 35.7. The average molecular weight is 841 g/mol. The van der Waals surface area contributed by atoms with Gasteiger partial charge in [-0.15, -0.1) is 0 Å². The average Bonchev–Trinajstić information content (AvgIpc) is 3.17. The molecule has 4 aliphatic rings. The van der Waals surface area contributed by atoms with E-state index in [1.54, 1.807) is 0 Å². The first-order valence-corrected chi connectivity index (χ1v) is 17.1. The zero-order chi connectivity index (χ0) is 26.7. The van der Waals surface area contributed by atoms with Gasteiger partial charge in [0.2, 0.25) is 0 Å². The number of hydrogen-bond acceptors (Lipinski definition) is 4. The quantitative estimate of drug-likeness (QED) is 0.141. The minimum absolute atomic E-state index is 0.0284. The van der Waals surface area contributed by atoms with E-state index in [0.717, 1.165) is 79.7 Å². The summed E-state index contributed by atoms with van der Waals surface area (Å²) in [4.78, 5) is 26.1. The number of nitrogens with two attached hydrogens (primary N) is 1. The molecule has 0 radical (unpaired) electrons. The molecule has 1 aromatic rings. The van der Waals surface area contributed by atoms with Crippen LogP contribution in [0.15, 0.2) is 17.7 Å². The van der Waals surface area contributed by atoms with Crippen molar-refractivity contribution in [2.45, 2.75) is 91.1 Å². The number of Topliss-reactive ketones (excluding diaryl/α,β-unsaturated/α-hetero) is 1. The maximum atomic E-state index is 13.4. The molecular formula is C30H38I3NO3. The Bertz CT molecular complexity index is 1150. The van der Waals surface area contributed by atoms with Crippen molar-refractivity contribution in [1.29, 1.82) is 0 Å². The minimum Gasteiger partial charge on any atom is -0.462 e. The van der Waals surface area contributed by atoms with Crippen molar-refractivity contribution in [3.63, 3.8) is 0 Å². The van der Waals surface area contributed by atoms with Crippen molar-refractivity contribution in [2.24, 2.45) is 34.5 Å². The minimum atomic E-state index is -0.157. The fourth-order valence-electron chi connectivity index (χ4n) is 8.24. The highest BCUT2D eigenvalue weighted by atomic mass is 127. The highest BCUT2D eigenvalue weighted by Crippen LogP contribution is 2.64. The topological polar surface area (TPSA) is 69.4 Å². The number of hydrogen-bond donors (Lipinski definition) is 1. The van der Waals surface area contributed by atoms with E-state index in [1.165, 1.54) is 5.57 Å². The molecule has 0 bridgehead atoms. The fraction of sp³-hybridized carbons (Fsp3) is 0.667. The zero-order valence-electron chi connectivity index (χ0n) is 22.0. The number of ketones is 1. The Kier molecular flexibility index (Phi) is 8.37. The number of benzene rings is 1. The molecular weight excluding hydrogens is 803 g/mol. The number of anilines is 1. The van der Waals surface area contributed by atoms with Gasteiger partial charge in [-0.25, -0.2) is 0 Å². The number of allylic oxidation sites excluding steroid dienone is 1. The van der Waals surface area contributed by atoms with Crippen LogP contribution in [0, 0.1) is 45.2 Å². The number of nitrogen functional groups attached to an aromatic ring is 1. The van der Waals surface area contributed by atoms with Gasteiger partial charge in [-0.05, 0) is 154 Å². The van der Waals surface area contributed by atoms with Crippen molar-refractivity contribution in [3.8, 4) is 0 Å². The van der Waals surface area contributed by atoms with Gasteiger partial charge in [-0.3, -0.25) is 9.59 Å². The van der Waals surface area contributed by atoms with Crippen LogP contribution in [0.3, 0.4) is 0 Å². The first-order valence-electron chi connectivity index (χ1n) is 13.8. The molecule has 4 nitrogen and oxygen atoms in total. The summed E-state index contributed by atoms with van der Waals surface area (Å²) >= 11 is 6.96. The predicted molar refractivity (Wildman–Crippen MR) is 173 cm³/mol. The molecule has 0 heterocycles. The van der Waals surface area contributed by atoms with Crippen LogP contribution in [-0.2, 0) is 20.7 Å². The third-order valence-corrected chi connectivity index (χ3v) is 13.7. The second-order valence-electron chi connectivity index (χ2n) is 12.3. The molecule has 0 aliphatic heterocycles. The molecule has 7 heteroatoms. The molecule has 0 amide bonds. The van der Waals surface area contributed by atoms with Crippen LogP contribution in [-0.4, -0.2) is 17.9 Å². The number of rotatable bonds is 5. The second kappa shape index (κ2) is 10.8. The molecule has 2 N–H and O–H groups in total. The van der Waals surface area contributed by atoms with Crippen LogP contribution >= 0.6 is 67.8 Å². The summed E-state index contributed by atoms with van der Waals surface area (Å²) in [5, 5.41) is 0. The standard InChI is InChI=1S/C30H38I3NO3/c1-4-16(13-20-23(31)15-24(32)27(34)26(20)33)28(36)37-18-9-11-29(2)17(14-18)5-6-19-21-7-8-25(35)30(21,3)12-10-22(19)29/h5,15-16,18-19,21-22H,4,6-14,34H2,1-3H3/t16?,18-,19-,21?,22?,29-,30-/m0/s1. The van der Waals surface area contributed by atoms with E-state index >= 15 is 0 Å². The lowest BCUT2D eigenvalue weighted by atomic mass is 9.48. The Hall–Kier alpha value is 0.0900. The predicted octanol–water partition coefficient (Wildman–Crippen LogP) is 8.10. The van der Waals surface area contributed by atoms with Crippen molar-refractivity contribution in [3.05, 3.63) is 34.0 Å². The summed E-state index contributed by atoms with van der Waals surface area (Å²) in [5.74, 6) is 2.13. The zero-order valence-corrected chi connectivity index (χ0v) is 28.5. The third-order valence-electron chi connectivity index (χ3n) is 10.6. The maximum Gasteiger partial charge on any atom is 0.309 e. The third kappa shape index (κ3) is 4.95. The summed E-state index contributed by atoms with van der Waals surface area (Å²) < 4.78 is 9.49. The summed E-state index contributed by atoms with van der Waals surface area (Å²) in [6.45, 7) is 6.79. The fourth-order valence-corrected chi connectivity index (χ4v) is 12.0. The number of halogens is 3. The van der Waals surface area contributed by atoms with E-state index in [2.05, 4.69) is 101 Å². The molecule has 3 saturated carbocycles. The van der Waals surface area contributed by atoms with Gasteiger partial charge in [0.15, 0.2) is 0 Å². The lowest BCUT2D eigenvalue weighted by molar-refractivity contribution is -0.156. The highest BCUT2D eigenvalue weighted by molar-refractivity contribution is 14.1. The molecule has 7 atom stereocenters. The number of carbonyl (C=O) groups is 2. The number of fused-ring (bicyclic) bond motifs is 5. The van der Waals surface area contributed by atoms with E-state index < -0.39 is 0 Å². The highest BCUT2D eigenvalue weighted by Gasteiger charge is 2.58. The lowest BCUT2D eigenvalue weighted by Crippen LogP contribution is -2.50. The first kappa shape index (κ1) is 28.6. The molecule has 3 unspecified atom stereocenters. The van der Waals surface area contributed by atoms with Gasteiger partial charge < -0.3 is 10.5 Å². The van der Waals surface area contributed by atoms with E-state index in [4.69, 9.17) is 10.5 Å². The summed E-state index contributed by atoms with van der Waals surface area (Å²) in [6.07, 6.45) is 11.9. The SMILES string of the molecule is CCC(Cc1c(I)cc(I)c(N)c1I)C(=O)O[C@H]1CC[C@@]2(C)C(=CC[C@@H]3C2CC[C@]2(C)C(=O)CCC32)C1. The number of ether oxygens (including phenoxy) is 1. The smallest absolute Gasteiger partial charge is 0.309 e. The van der Waals surface area contributed by atoms with Crippen LogP contribution in [0.5, 0.6) is 0 Å². The Balaban J connectivity index is 1.27. The molecule has 202 valence electrons. The van der Waals surface area contributed by atoms with Gasteiger partial charge in [-0.1, -0.05) is 32.4 Å². The maximum absolute atomic E-state index is 13.4. The first-order chi connectivity index (χ1) is 17.5. The van der Waals surface area contributed by atoms with Crippen molar-refractivity contribution >= 4 is 85.2 Å². The van der Waals surface area contributed by atoms with Gasteiger partial charge in [0.25, 0.3) is 0 Å². The summed E-state index contributed by atoms with van der Waals surface area (Å²) in [7, 11) is 0. The molecule has 5 rings (SSSR count). The van der Waals surface area contributed by atoms with Crippen molar-refractivity contribution < 1.29 is 14.3 Å². The van der Waals surface area contributed by atoms with Gasteiger partial charge >= 0.3 is 5.97 Å². The van der Waals surface area contributed by atoms with E-state index in [1.807, 2.05) is 0 Å². The Morgan fingerprint density at radius 3 is 2.54 bits per heavy atom.